The van der Waals surface area contributed by atoms with E-state index in [4.69, 9.17) is 21.1 Å². The van der Waals surface area contributed by atoms with E-state index in [0.29, 0.717) is 16.3 Å². The maximum Gasteiger partial charge on any atom is 0.344 e. The number of benzene rings is 1. The molecular formula is C20H19ClN2O4S. The van der Waals surface area contributed by atoms with Gasteiger partial charge in [0.05, 0.1) is 0 Å². The maximum atomic E-state index is 12.5. The van der Waals surface area contributed by atoms with Gasteiger partial charge in [-0.1, -0.05) is 11.6 Å². The Kier molecular flexibility index (Phi) is 6.16. The molecule has 0 aliphatic rings. The Morgan fingerprint density at radius 1 is 1.18 bits per heavy atom. The molecule has 28 heavy (non-hydrogen) atoms. The topological polar surface area (TPSA) is 70.4 Å². The minimum atomic E-state index is -0.616. The first-order valence-electron chi connectivity index (χ1n) is 8.53. The molecule has 3 aromatic rings. The van der Waals surface area contributed by atoms with Gasteiger partial charge in [0.15, 0.2) is 18.3 Å². The van der Waals surface area contributed by atoms with E-state index in [1.54, 1.807) is 30.5 Å². The molecule has 0 bridgehead atoms. The van der Waals surface area contributed by atoms with Gasteiger partial charge in [0.25, 0.3) is 0 Å². The van der Waals surface area contributed by atoms with Gasteiger partial charge in [-0.25, -0.2) is 9.78 Å². The molecule has 0 aliphatic carbocycles. The standard InChI is InChI=1S/C20H19ClN2O4S/c1-12-8-15(4-5-17(12)21)26-11-19(25)27-10-18(24)16-9-13(2)23(14(16)3)20-22-6-7-28-20/h4-9H,10-11H2,1-3H3. The number of thiazole rings is 1. The van der Waals surface area contributed by atoms with Crippen molar-refractivity contribution in [3.05, 3.63) is 63.4 Å². The number of aromatic nitrogens is 2. The third kappa shape index (κ3) is 4.43. The number of hydrogen-bond donors (Lipinski definition) is 0. The van der Waals surface area contributed by atoms with Gasteiger partial charge in [-0.2, -0.15) is 0 Å². The van der Waals surface area contributed by atoms with Crippen LogP contribution in [0.2, 0.25) is 5.02 Å². The summed E-state index contributed by atoms with van der Waals surface area (Å²) in [4.78, 5) is 28.7. The van der Waals surface area contributed by atoms with Gasteiger partial charge in [0.2, 0.25) is 5.78 Å². The van der Waals surface area contributed by atoms with Crippen molar-refractivity contribution < 1.29 is 19.1 Å². The van der Waals surface area contributed by atoms with E-state index in [-0.39, 0.29) is 19.0 Å². The van der Waals surface area contributed by atoms with Gasteiger partial charge in [-0.3, -0.25) is 9.36 Å². The predicted octanol–water partition coefficient (Wildman–Crippen LogP) is 4.32. The van der Waals surface area contributed by atoms with E-state index >= 15 is 0 Å². The Morgan fingerprint density at radius 2 is 1.96 bits per heavy atom. The molecule has 2 heterocycles. The van der Waals surface area contributed by atoms with Crippen molar-refractivity contribution in [1.29, 1.82) is 0 Å². The minimum absolute atomic E-state index is 0.272. The van der Waals surface area contributed by atoms with Crippen LogP contribution in [0.5, 0.6) is 5.75 Å². The van der Waals surface area contributed by atoms with E-state index in [2.05, 4.69) is 4.98 Å². The summed E-state index contributed by atoms with van der Waals surface area (Å²) in [6, 6.07) is 6.87. The normalized spacial score (nSPS) is 10.7. The van der Waals surface area contributed by atoms with Gasteiger partial charge < -0.3 is 9.47 Å². The average Bonchev–Trinajstić information content (AvgIpc) is 3.28. The molecule has 6 nitrogen and oxygen atoms in total. The second kappa shape index (κ2) is 8.58. The van der Waals surface area contributed by atoms with Crippen molar-refractivity contribution in [3.8, 4) is 10.9 Å². The first kappa shape index (κ1) is 20.1. The minimum Gasteiger partial charge on any atom is -0.482 e. The zero-order valence-electron chi connectivity index (χ0n) is 15.7. The highest BCUT2D eigenvalue weighted by molar-refractivity contribution is 7.12. The number of esters is 1. The van der Waals surface area contributed by atoms with Crippen LogP contribution in [0.15, 0.2) is 35.8 Å². The second-order valence-electron chi connectivity index (χ2n) is 6.22. The lowest BCUT2D eigenvalue weighted by molar-refractivity contribution is -0.144. The summed E-state index contributed by atoms with van der Waals surface area (Å²) in [6.45, 7) is 4.96. The highest BCUT2D eigenvalue weighted by Gasteiger charge is 2.19. The number of carbonyl (C=O) groups excluding carboxylic acids is 2. The molecule has 8 heteroatoms. The van der Waals surface area contributed by atoms with Gasteiger partial charge in [0, 0.05) is 33.6 Å². The third-order valence-electron chi connectivity index (χ3n) is 4.19. The van der Waals surface area contributed by atoms with Crippen LogP contribution >= 0.6 is 22.9 Å². The number of carbonyl (C=O) groups is 2. The Bertz CT molecular complexity index is 1010. The predicted molar refractivity (Wildman–Crippen MR) is 108 cm³/mol. The molecule has 0 saturated carbocycles. The monoisotopic (exact) mass is 418 g/mol. The molecule has 0 amide bonds. The number of Topliss-reactive ketones (excluding diaryl/α,β-unsaturated/α-hetero) is 1. The molecule has 0 spiro atoms. The zero-order chi connectivity index (χ0) is 20.3. The molecule has 0 fully saturated rings. The lowest BCUT2D eigenvalue weighted by atomic mass is 10.1. The first-order chi connectivity index (χ1) is 13.4. The van der Waals surface area contributed by atoms with Crippen molar-refractivity contribution in [2.45, 2.75) is 20.8 Å². The van der Waals surface area contributed by atoms with Crippen LogP contribution in [0.4, 0.5) is 0 Å². The molecule has 0 radical (unpaired) electrons. The number of rotatable bonds is 7. The summed E-state index contributed by atoms with van der Waals surface area (Å²) < 4.78 is 12.4. The molecule has 0 aliphatic heterocycles. The molecule has 3 rings (SSSR count). The Labute approximate surface area is 171 Å². The van der Waals surface area contributed by atoms with Crippen molar-refractivity contribution in [2.24, 2.45) is 0 Å². The molecular weight excluding hydrogens is 400 g/mol. The molecule has 0 saturated heterocycles. The number of ketones is 1. The Balaban J connectivity index is 1.57. The van der Waals surface area contributed by atoms with Gasteiger partial charge >= 0.3 is 5.97 Å². The summed E-state index contributed by atoms with van der Waals surface area (Å²) in [7, 11) is 0. The maximum absolute atomic E-state index is 12.5. The van der Waals surface area contributed by atoms with Gasteiger partial charge in [-0.15, -0.1) is 11.3 Å². The molecule has 0 atom stereocenters. The fourth-order valence-electron chi connectivity index (χ4n) is 2.78. The van der Waals surface area contributed by atoms with Crippen LogP contribution < -0.4 is 4.74 Å². The van der Waals surface area contributed by atoms with Crippen molar-refractivity contribution in [2.75, 3.05) is 13.2 Å². The molecule has 0 N–H and O–H groups in total. The van der Waals surface area contributed by atoms with Crippen molar-refractivity contribution in [3.63, 3.8) is 0 Å². The SMILES string of the molecule is Cc1cc(OCC(=O)OCC(=O)c2cc(C)n(-c3nccs3)c2C)ccc1Cl. The van der Waals surface area contributed by atoms with E-state index in [1.807, 2.05) is 30.7 Å². The van der Waals surface area contributed by atoms with Crippen LogP contribution in [-0.4, -0.2) is 34.5 Å². The fraction of sp³-hybridized carbons (Fsp3) is 0.250. The molecule has 146 valence electrons. The zero-order valence-corrected chi connectivity index (χ0v) is 17.3. The number of ether oxygens (including phenoxy) is 2. The second-order valence-corrected chi connectivity index (χ2v) is 7.50. The third-order valence-corrected chi connectivity index (χ3v) is 5.37. The van der Waals surface area contributed by atoms with Crippen LogP contribution in [0.1, 0.15) is 27.3 Å². The first-order valence-corrected chi connectivity index (χ1v) is 9.79. The summed E-state index contributed by atoms with van der Waals surface area (Å²) in [5.41, 5.74) is 3.01. The summed E-state index contributed by atoms with van der Waals surface area (Å²) in [5.74, 6) is -0.376. The van der Waals surface area contributed by atoms with Crippen molar-refractivity contribution >= 4 is 34.7 Å². The van der Waals surface area contributed by atoms with Crippen LogP contribution in [-0.2, 0) is 9.53 Å². The molecule has 2 aromatic heterocycles. The quantitative estimate of drug-likeness (QED) is 0.422. The van der Waals surface area contributed by atoms with Gasteiger partial charge in [0.1, 0.15) is 5.75 Å². The largest absolute Gasteiger partial charge is 0.482 e. The average molecular weight is 419 g/mol. The number of nitrogens with zero attached hydrogens (tertiary/aromatic N) is 2. The molecule has 0 unspecified atom stereocenters. The van der Waals surface area contributed by atoms with E-state index in [1.165, 1.54) is 11.3 Å². The van der Waals surface area contributed by atoms with Crippen molar-refractivity contribution in [1.82, 2.24) is 9.55 Å². The Morgan fingerprint density at radius 3 is 2.64 bits per heavy atom. The Hall–Kier alpha value is -2.64. The van der Waals surface area contributed by atoms with Crippen LogP contribution in [0, 0.1) is 20.8 Å². The smallest absolute Gasteiger partial charge is 0.344 e. The van der Waals surface area contributed by atoms with Crippen LogP contribution in [0.25, 0.3) is 5.13 Å². The van der Waals surface area contributed by atoms with E-state index in [9.17, 15) is 9.59 Å². The summed E-state index contributed by atoms with van der Waals surface area (Å²) >= 11 is 7.44. The fourth-order valence-corrected chi connectivity index (χ4v) is 3.65. The number of hydrogen-bond acceptors (Lipinski definition) is 6. The highest BCUT2D eigenvalue weighted by atomic mass is 35.5. The van der Waals surface area contributed by atoms with Crippen LogP contribution in [0.3, 0.4) is 0 Å². The number of halogens is 1. The molecule has 1 aromatic carbocycles. The highest BCUT2D eigenvalue weighted by Crippen LogP contribution is 2.23. The lowest BCUT2D eigenvalue weighted by Gasteiger charge is -2.08. The lowest BCUT2D eigenvalue weighted by Crippen LogP contribution is -2.19. The van der Waals surface area contributed by atoms with E-state index in [0.717, 1.165) is 22.1 Å². The summed E-state index contributed by atoms with van der Waals surface area (Å²) in [5, 5.41) is 3.29. The van der Waals surface area contributed by atoms with E-state index < -0.39 is 5.97 Å². The van der Waals surface area contributed by atoms with Gasteiger partial charge in [-0.05, 0) is 50.6 Å². The summed E-state index contributed by atoms with van der Waals surface area (Å²) in [6.07, 6.45) is 1.71. The number of aryl methyl sites for hydroxylation is 2.